The first-order valence-corrected chi connectivity index (χ1v) is 13.0. The van der Waals surface area contributed by atoms with Gasteiger partial charge in [0.2, 0.25) is 0 Å². The molecule has 5 rings (SSSR count). The average molecular weight is 522 g/mol. The predicted molar refractivity (Wildman–Crippen MR) is 149 cm³/mol. The fourth-order valence-electron chi connectivity index (χ4n) is 4.56. The molecule has 2 saturated heterocycles. The van der Waals surface area contributed by atoms with E-state index >= 15 is 0 Å². The molecule has 0 radical (unpaired) electrons. The first kappa shape index (κ1) is 24.3. The molecule has 186 valence electrons. The number of pyridine rings is 1. The van der Waals surface area contributed by atoms with E-state index in [0.717, 1.165) is 24.5 Å². The molecule has 0 bridgehead atoms. The van der Waals surface area contributed by atoms with Crippen molar-refractivity contribution in [2.24, 2.45) is 0 Å². The lowest BCUT2D eigenvalue weighted by Crippen LogP contribution is -2.47. The van der Waals surface area contributed by atoms with Crippen LogP contribution in [0.4, 0.5) is 11.5 Å². The minimum absolute atomic E-state index is 0.0539. The summed E-state index contributed by atoms with van der Waals surface area (Å²) in [6, 6.07) is 13.4. The van der Waals surface area contributed by atoms with E-state index in [0.29, 0.717) is 39.3 Å². The van der Waals surface area contributed by atoms with Crippen LogP contribution in [0.2, 0.25) is 0 Å². The fraction of sp³-hybridized carbons (Fsp3) is 0.308. The Morgan fingerprint density at radius 3 is 2.42 bits per heavy atom. The molecule has 4 heterocycles. The predicted octanol–water partition coefficient (Wildman–Crippen LogP) is 3.64. The van der Waals surface area contributed by atoms with Crippen LogP contribution in [0.1, 0.15) is 19.4 Å². The van der Waals surface area contributed by atoms with E-state index in [1.54, 1.807) is 30.3 Å². The summed E-state index contributed by atoms with van der Waals surface area (Å²) < 4.78 is 7.56. The molecule has 0 spiro atoms. The van der Waals surface area contributed by atoms with Gasteiger partial charge in [-0.3, -0.25) is 18.9 Å². The quantitative estimate of drug-likeness (QED) is 0.372. The highest BCUT2D eigenvalue weighted by molar-refractivity contribution is 8.26. The molecule has 0 aliphatic carbocycles. The molecule has 0 saturated carbocycles. The minimum atomic E-state index is -0.211. The number of ether oxygens (including phenoxy) is 1. The number of thiocarbonyl (C=S) groups is 1. The molecule has 1 amide bonds. The average Bonchev–Trinajstić information content (AvgIpc) is 3.18. The molecule has 36 heavy (non-hydrogen) atoms. The van der Waals surface area contributed by atoms with Crippen LogP contribution < -0.4 is 20.1 Å². The van der Waals surface area contributed by atoms with Crippen LogP contribution in [0.3, 0.4) is 0 Å². The van der Waals surface area contributed by atoms with Crippen molar-refractivity contribution < 1.29 is 9.53 Å². The van der Waals surface area contributed by atoms with Gasteiger partial charge in [0.25, 0.3) is 11.5 Å². The van der Waals surface area contributed by atoms with Crippen LogP contribution in [0, 0.1) is 0 Å². The first-order valence-electron chi connectivity index (χ1n) is 11.8. The number of benzene rings is 1. The molecular weight excluding hydrogens is 494 g/mol. The largest absolute Gasteiger partial charge is 0.495 e. The molecule has 0 N–H and O–H groups in total. The lowest BCUT2D eigenvalue weighted by Gasteiger charge is -2.37. The lowest BCUT2D eigenvalue weighted by atomic mass is 10.2. The topological polar surface area (TPSA) is 70.4 Å². The molecular formula is C26H27N5O3S2. The number of thioether (sulfide) groups is 1. The Morgan fingerprint density at radius 2 is 1.72 bits per heavy atom. The third kappa shape index (κ3) is 4.35. The number of rotatable bonds is 5. The van der Waals surface area contributed by atoms with Crippen LogP contribution in [0.25, 0.3) is 11.7 Å². The zero-order valence-electron chi connectivity index (χ0n) is 20.4. The Bertz CT molecular complexity index is 1430. The maximum Gasteiger partial charge on any atom is 0.267 e. The van der Waals surface area contributed by atoms with Gasteiger partial charge in [-0.15, -0.1) is 0 Å². The summed E-state index contributed by atoms with van der Waals surface area (Å²) in [5.74, 6) is 1.24. The van der Waals surface area contributed by atoms with E-state index < -0.39 is 0 Å². The van der Waals surface area contributed by atoms with Crippen molar-refractivity contribution in [1.82, 2.24) is 14.3 Å². The van der Waals surface area contributed by atoms with Gasteiger partial charge in [-0.2, -0.15) is 0 Å². The van der Waals surface area contributed by atoms with Gasteiger partial charge in [0, 0.05) is 38.4 Å². The Kier molecular flexibility index (Phi) is 6.72. The Hall–Kier alpha value is -3.37. The number of carbonyl (C=O) groups excluding carboxylic acids is 1. The summed E-state index contributed by atoms with van der Waals surface area (Å²) in [7, 11) is 1.68. The zero-order chi connectivity index (χ0) is 25.4. The number of aromatic nitrogens is 2. The highest BCUT2D eigenvalue weighted by Crippen LogP contribution is 2.35. The van der Waals surface area contributed by atoms with Crippen molar-refractivity contribution in [3.63, 3.8) is 0 Å². The molecule has 1 aromatic carbocycles. The highest BCUT2D eigenvalue weighted by atomic mass is 32.2. The molecule has 2 fully saturated rings. The second-order valence-corrected chi connectivity index (χ2v) is 10.6. The van der Waals surface area contributed by atoms with Crippen molar-refractivity contribution in [1.29, 1.82) is 0 Å². The molecule has 10 heteroatoms. The monoisotopic (exact) mass is 521 g/mol. The van der Waals surface area contributed by atoms with Gasteiger partial charge in [0.1, 0.15) is 21.5 Å². The molecule has 0 atom stereocenters. The first-order chi connectivity index (χ1) is 17.4. The third-order valence-electron chi connectivity index (χ3n) is 6.37. The maximum atomic E-state index is 13.6. The Balaban J connectivity index is 1.52. The number of piperazine rings is 1. The van der Waals surface area contributed by atoms with E-state index in [9.17, 15) is 9.59 Å². The van der Waals surface area contributed by atoms with E-state index in [-0.39, 0.29) is 17.5 Å². The molecule has 0 unspecified atom stereocenters. The fourth-order valence-corrected chi connectivity index (χ4v) is 6.07. The number of carbonyl (C=O) groups is 1. The molecule has 2 aliphatic rings. The second-order valence-electron chi connectivity index (χ2n) is 8.87. The van der Waals surface area contributed by atoms with Gasteiger partial charge in [-0.25, -0.2) is 4.98 Å². The number of hydrogen-bond acceptors (Lipinski definition) is 8. The zero-order valence-corrected chi connectivity index (χ0v) is 22.0. The Labute approximate surface area is 219 Å². The van der Waals surface area contributed by atoms with E-state index in [4.69, 9.17) is 21.9 Å². The van der Waals surface area contributed by atoms with Gasteiger partial charge < -0.3 is 14.5 Å². The standard InChI is InChI=1S/C26H27N5O3S2/c1-17(2)31-25(33)21(36-26(31)35)16-18-23(27-22-10-6-7-11-30(22)24(18)32)29-14-12-28(13-15-29)19-8-4-5-9-20(19)34-3/h4-11,16-17H,12-15H2,1-3H3. The van der Waals surface area contributed by atoms with Gasteiger partial charge >= 0.3 is 0 Å². The van der Waals surface area contributed by atoms with Crippen LogP contribution >= 0.6 is 24.0 Å². The number of nitrogens with zero attached hydrogens (tertiary/aromatic N) is 5. The van der Waals surface area contributed by atoms with E-state index in [2.05, 4.69) is 15.9 Å². The summed E-state index contributed by atoms with van der Waals surface area (Å²) in [6.07, 6.45) is 3.36. The lowest BCUT2D eigenvalue weighted by molar-refractivity contribution is -0.123. The highest BCUT2D eigenvalue weighted by Gasteiger charge is 2.34. The van der Waals surface area contributed by atoms with E-state index in [1.165, 1.54) is 16.2 Å². The van der Waals surface area contributed by atoms with Gasteiger partial charge in [-0.1, -0.05) is 42.2 Å². The van der Waals surface area contributed by atoms with Crippen molar-refractivity contribution >= 4 is 57.4 Å². The smallest absolute Gasteiger partial charge is 0.267 e. The van der Waals surface area contributed by atoms with Gasteiger partial charge in [-0.05, 0) is 44.2 Å². The van der Waals surface area contributed by atoms with Crippen LogP contribution in [-0.4, -0.2) is 63.8 Å². The summed E-state index contributed by atoms with van der Waals surface area (Å²) in [4.78, 5) is 38.0. The number of amides is 1. The number of fused-ring (bicyclic) bond motifs is 1. The third-order valence-corrected chi connectivity index (χ3v) is 7.70. The summed E-state index contributed by atoms with van der Waals surface area (Å²) in [5.41, 5.74) is 1.80. The number of para-hydroxylation sites is 2. The number of hydrogen-bond donors (Lipinski definition) is 0. The van der Waals surface area contributed by atoms with Crippen LogP contribution in [-0.2, 0) is 4.79 Å². The summed E-state index contributed by atoms with van der Waals surface area (Å²) >= 11 is 6.67. The normalized spacial score (nSPS) is 17.7. The minimum Gasteiger partial charge on any atom is -0.495 e. The molecule has 2 aliphatic heterocycles. The van der Waals surface area contributed by atoms with Crippen molar-refractivity contribution in [3.05, 3.63) is 69.5 Å². The molecule has 2 aromatic heterocycles. The van der Waals surface area contributed by atoms with Crippen molar-refractivity contribution in [2.45, 2.75) is 19.9 Å². The number of methoxy groups -OCH3 is 1. The van der Waals surface area contributed by atoms with Gasteiger partial charge in [0.15, 0.2) is 0 Å². The van der Waals surface area contributed by atoms with Crippen molar-refractivity contribution in [2.75, 3.05) is 43.1 Å². The summed E-state index contributed by atoms with van der Waals surface area (Å²) in [6.45, 7) is 6.67. The summed E-state index contributed by atoms with van der Waals surface area (Å²) in [5, 5.41) is 0. The van der Waals surface area contributed by atoms with Gasteiger partial charge in [0.05, 0.1) is 23.3 Å². The maximum absolute atomic E-state index is 13.6. The van der Waals surface area contributed by atoms with Crippen molar-refractivity contribution in [3.8, 4) is 5.75 Å². The Morgan fingerprint density at radius 1 is 1.03 bits per heavy atom. The number of anilines is 2. The molecule has 8 nitrogen and oxygen atoms in total. The van der Waals surface area contributed by atoms with E-state index in [1.807, 2.05) is 44.2 Å². The molecule has 3 aromatic rings. The SMILES string of the molecule is COc1ccccc1N1CCN(c2nc3ccccn3c(=O)c2C=C2SC(=S)N(C(C)C)C2=O)CC1. The van der Waals surface area contributed by atoms with Crippen LogP contribution in [0.15, 0.2) is 58.4 Å². The second kappa shape index (κ2) is 9.94. The van der Waals surface area contributed by atoms with Crippen LogP contribution in [0.5, 0.6) is 5.75 Å².